The molecular weight excluding hydrogens is 839 g/mol. The molecule has 3 N–H and O–H groups in total. The Morgan fingerprint density at radius 1 is 0.687 bits per heavy atom. The molecule has 11 heteroatoms. The highest BCUT2D eigenvalue weighted by Gasteiger charge is 2.40. The Bertz CT molecular complexity index is 2460. The Morgan fingerprint density at radius 3 is 1.91 bits per heavy atom. The van der Waals surface area contributed by atoms with E-state index in [0.717, 1.165) is 105 Å². The molecule has 9 rings (SSSR count). The molecule has 3 atom stereocenters. The molecule has 2 aromatic heterocycles. The number of fused-ring (bicyclic) bond motifs is 2. The second kappa shape index (κ2) is 24.0. The zero-order valence-corrected chi connectivity index (χ0v) is 39.4. The second-order valence-electron chi connectivity index (χ2n) is 18.7. The van der Waals surface area contributed by atoms with Gasteiger partial charge < -0.3 is 15.7 Å². The number of phenolic OH excluding ortho intramolecular Hbond substituents is 1. The van der Waals surface area contributed by atoms with Crippen molar-refractivity contribution < 1.29 is 13.9 Å². The number of piperidine rings is 1. The van der Waals surface area contributed by atoms with Gasteiger partial charge >= 0.3 is 0 Å². The number of aromatic hydroxyl groups is 1. The fraction of sp³-hybridized carbons (Fsp3) is 0.429. The average Bonchev–Trinajstić information content (AvgIpc) is 3.92. The topological polar surface area (TPSA) is 102 Å². The summed E-state index contributed by atoms with van der Waals surface area (Å²) in [7, 11) is 0. The van der Waals surface area contributed by atoms with Crippen LogP contribution in [0.3, 0.4) is 0 Å². The van der Waals surface area contributed by atoms with E-state index in [1.54, 1.807) is 12.3 Å². The van der Waals surface area contributed by atoms with Gasteiger partial charge in [-0.25, -0.2) is 28.7 Å². The van der Waals surface area contributed by atoms with Gasteiger partial charge in [0.25, 0.3) is 0 Å². The Balaban J connectivity index is 0.000000182. The number of aromatic nitrogens is 4. The minimum atomic E-state index is -0.538. The summed E-state index contributed by atoms with van der Waals surface area (Å²) in [5, 5.41) is 16.9. The van der Waals surface area contributed by atoms with Crippen molar-refractivity contribution in [2.75, 3.05) is 26.2 Å². The SMILES string of the molecule is CCN(Cc1cccc(-c2ccnc(CCCc3cc(F)cc(F)c3)n2)c1)C[C@@H]1CCCN1.CCNC1CC2CCC(C1)N2Cc1cccc(-c2ccnc(CCCc3cccc(O)c3)n2)c1. The third kappa shape index (κ3) is 14.0. The minimum absolute atomic E-state index is 0.325. The normalized spacial score (nSPS) is 19.1. The van der Waals surface area contributed by atoms with Crippen LogP contribution in [0.1, 0.15) is 99.1 Å². The second-order valence-corrected chi connectivity index (χ2v) is 18.7. The van der Waals surface area contributed by atoms with Gasteiger partial charge in [0.1, 0.15) is 29.0 Å². The van der Waals surface area contributed by atoms with E-state index < -0.39 is 11.6 Å². The summed E-state index contributed by atoms with van der Waals surface area (Å²) in [6, 6.07) is 35.3. The molecule has 0 aliphatic carbocycles. The van der Waals surface area contributed by atoms with E-state index in [0.29, 0.717) is 48.3 Å². The summed E-state index contributed by atoms with van der Waals surface area (Å²) in [6.45, 7) is 10.7. The fourth-order valence-corrected chi connectivity index (χ4v) is 10.4. The first-order valence-electron chi connectivity index (χ1n) is 24.8. The maximum absolute atomic E-state index is 13.4. The van der Waals surface area contributed by atoms with E-state index in [4.69, 9.17) is 9.97 Å². The molecule has 0 radical (unpaired) electrons. The zero-order valence-electron chi connectivity index (χ0n) is 39.4. The Labute approximate surface area is 396 Å². The molecule has 3 aliphatic rings. The monoisotopic (exact) mass is 907 g/mol. The number of nitrogens with zero attached hydrogens (tertiary/aromatic N) is 6. The number of phenols is 1. The van der Waals surface area contributed by atoms with Gasteiger partial charge in [0.15, 0.2) is 0 Å². The standard InChI is InChI=1S/C29H36N4O.C27H32F2N4/c1-2-30-24-18-25-12-13-26(19-24)33(25)20-22-8-3-9-23(16-22)28-14-15-31-29(32-28)11-5-7-21-6-4-10-27(34)17-21;1-2-33(19-25-9-5-12-30-25)18-21-7-3-8-22(14-21)26-11-13-31-27(32-26)10-4-6-20-15-23(28)17-24(29)16-20/h3-4,6,8-10,14-17,24-26,30,34H,2,5,7,11-13,18-20H2,1H3;3,7-8,11,13-17,25,30H,2,4-6,9-10,12,18-19H2,1H3/t;25-/m.0/s1. The van der Waals surface area contributed by atoms with Crippen molar-refractivity contribution in [2.24, 2.45) is 0 Å². The van der Waals surface area contributed by atoms with E-state index in [9.17, 15) is 13.9 Å². The molecule has 3 fully saturated rings. The van der Waals surface area contributed by atoms with Crippen molar-refractivity contribution in [1.82, 2.24) is 40.4 Å². The van der Waals surface area contributed by atoms with Crippen LogP contribution in [0.5, 0.6) is 5.75 Å². The fourth-order valence-electron chi connectivity index (χ4n) is 10.4. The van der Waals surface area contributed by atoms with Crippen LogP contribution >= 0.6 is 0 Å². The van der Waals surface area contributed by atoms with Crippen molar-refractivity contribution in [3.05, 3.63) is 161 Å². The largest absolute Gasteiger partial charge is 0.508 e. The van der Waals surface area contributed by atoms with Crippen molar-refractivity contribution in [1.29, 1.82) is 0 Å². The molecule has 9 nitrogen and oxygen atoms in total. The smallest absolute Gasteiger partial charge is 0.128 e. The molecule has 2 bridgehead atoms. The number of rotatable bonds is 19. The molecule has 3 saturated heterocycles. The highest BCUT2D eigenvalue weighted by Crippen LogP contribution is 2.37. The van der Waals surface area contributed by atoms with Gasteiger partial charge in [-0.15, -0.1) is 0 Å². The summed E-state index contributed by atoms with van der Waals surface area (Å²) in [4.78, 5) is 23.8. The van der Waals surface area contributed by atoms with Crippen LogP contribution in [0.25, 0.3) is 22.5 Å². The zero-order chi connectivity index (χ0) is 46.4. The van der Waals surface area contributed by atoms with Crippen LogP contribution in [-0.4, -0.2) is 85.2 Å². The quantitative estimate of drug-likeness (QED) is 0.0733. The first-order valence-corrected chi connectivity index (χ1v) is 24.8. The van der Waals surface area contributed by atoms with Gasteiger partial charge in [0.2, 0.25) is 0 Å². The van der Waals surface area contributed by atoms with Crippen molar-refractivity contribution in [2.45, 2.75) is 128 Å². The average molecular weight is 907 g/mol. The molecule has 5 heterocycles. The molecule has 0 saturated carbocycles. The molecule has 0 amide bonds. The van der Waals surface area contributed by atoms with Gasteiger partial charge in [-0.2, -0.15) is 0 Å². The van der Waals surface area contributed by atoms with Gasteiger partial charge in [0.05, 0.1) is 11.4 Å². The van der Waals surface area contributed by atoms with Crippen LogP contribution in [0.4, 0.5) is 8.78 Å². The summed E-state index contributed by atoms with van der Waals surface area (Å²) < 4.78 is 26.8. The Hall–Kier alpha value is -5.46. The van der Waals surface area contributed by atoms with Crippen LogP contribution in [-0.2, 0) is 38.8 Å². The van der Waals surface area contributed by atoms with E-state index in [1.807, 2.05) is 30.5 Å². The van der Waals surface area contributed by atoms with Crippen molar-refractivity contribution >= 4 is 0 Å². The lowest BCUT2D eigenvalue weighted by molar-refractivity contribution is 0.110. The lowest BCUT2D eigenvalue weighted by atomic mass is 9.96. The number of hydrogen-bond acceptors (Lipinski definition) is 9. The van der Waals surface area contributed by atoms with Crippen LogP contribution in [0.15, 0.2) is 116 Å². The highest BCUT2D eigenvalue weighted by atomic mass is 19.1. The number of nitrogens with one attached hydrogen (secondary N) is 2. The van der Waals surface area contributed by atoms with Crippen molar-refractivity contribution in [3.8, 4) is 28.3 Å². The van der Waals surface area contributed by atoms with Crippen LogP contribution in [0, 0.1) is 11.6 Å². The minimum Gasteiger partial charge on any atom is -0.508 e. The van der Waals surface area contributed by atoms with E-state index in [-0.39, 0.29) is 0 Å². The number of benzene rings is 4. The van der Waals surface area contributed by atoms with Gasteiger partial charge in [0, 0.05) is 86.2 Å². The van der Waals surface area contributed by atoms with Gasteiger partial charge in [-0.1, -0.05) is 62.4 Å². The summed E-state index contributed by atoms with van der Waals surface area (Å²) in [5.74, 6) is 0.878. The van der Waals surface area contributed by atoms with Crippen LogP contribution < -0.4 is 10.6 Å². The number of likely N-dealkylation sites (N-methyl/N-ethyl adjacent to an activating group) is 1. The number of halogens is 2. The first kappa shape index (κ1) is 48.0. The Kier molecular flexibility index (Phi) is 17.2. The lowest BCUT2D eigenvalue weighted by Crippen LogP contribution is -2.48. The summed E-state index contributed by atoms with van der Waals surface area (Å²) in [6.07, 6.45) is 16.1. The molecule has 6 aromatic rings. The first-order chi connectivity index (χ1) is 32.8. The maximum Gasteiger partial charge on any atom is 0.128 e. The molecule has 352 valence electrons. The van der Waals surface area contributed by atoms with Gasteiger partial charge in [-0.05, 0) is 155 Å². The summed E-state index contributed by atoms with van der Waals surface area (Å²) in [5.41, 5.74) is 8.61. The van der Waals surface area contributed by atoms with Crippen LogP contribution in [0.2, 0.25) is 0 Å². The van der Waals surface area contributed by atoms with E-state index in [2.05, 4.69) is 98.8 Å². The molecule has 67 heavy (non-hydrogen) atoms. The molecule has 0 spiro atoms. The Morgan fingerprint density at radius 2 is 1.30 bits per heavy atom. The lowest BCUT2D eigenvalue weighted by Gasteiger charge is -2.39. The third-order valence-corrected chi connectivity index (χ3v) is 13.7. The predicted octanol–water partition coefficient (Wildman–Crippen LogP) is 10.3. The number of hydrogen-bond donors (Lipinski definition) is 3. The van der Waals surface area contributed by atoms with Gasteiger partial charge in [-0.3, -0.25) is 9.80 Å². The molecule has 2 unspecified atom stereocenters. The third-order valence-electron chi connectivity index (χ3n) is 13.7. The number of aryl methyl sites for hydroxylation is 4. The van der Waals surface area contributed by atoms with E-state index in [1.165, 1.54) is 67.3 Å². The highest BCUT2D eigenvalue weighted by molar-refractivity contribution is 5.60. The van der Waals surface area contributed by atoms with E-state index >= 15 is 0 Å². The molecule has 3 aliphatic heterocycles. The molecule has 4 aromatic carbocycles. The van der Waals surface area contributed by atoms with Crippen molar-refractivity contribution in [3.63, 3.8) is 0 Å². The molecular formula is C56H68F2N8O. The predicted molar refractivity (Wildman–Crippen MR) is 264 cm³/mol. The maximum atomic E-state index is 13.4. The summed E-state index contributed by atoms with van der Waals surface area (Å²) >= 11 is 0.